The fourth-order valence-corrected chi connectivity index (χ4v) is 4.21. The Morgan fingerprint density at radius 3 is 2.61 bits per heavy atom. The number of nitrogens with zero attached hydrogens (tertiary/aromatic N) is 1. The molecule has 0 radical (unpaired) electrons. The van der Waals surface area contributed by atoms with Crippen molar-refractivity contribution in [3.8, 4) is 11.5 Å². The van der Waals surface area contributed by atoms with Gasteiger partial charge in [0.05, 0.1) is 13.7 Å². The van der Waals surface area contributed by atoms with Crippen molar-refractivity contribution in [2.45, 2.75) is 32.2 Å². The Morgan fingerprint density at radius 2 is 1.93 bits per heavy atom. The van der Waals surface area contributed by atoms with E-state index in [0.717, 1.165) is 49.6 Å². The van der Waals surface area contributed by atoms with Crippen molar-refractivity contribution in [3.05, 3.63) is 59.7 Å². The van der Waals surface area contributed by atoms with Crippen molar-refractivity contribution < 1.29 is 14.3 Å². The molecular weight excluding hydrogens is 350 g/mol. The zero-order chi connectivity index (χ0) is 19.6. The molecule has 0 spiro atoms. The van der Waals surface area contributed by atoms with Crippen LogP contribution < -0.4 is 9.47 Å². The number of carbonyl (C=O) groups is 1. The first kappa shape index (κ1) is 19.0. The molecule has 4 nitrogen and oxygen atoms in total. The molecule has 4 rings (SSSR count). The molecule has 1 saturated heterocycles. The third-order valence-electron chi connectivity index (χ3n) is 6.08. The molecular formula is C24H29NO3. The van der Waals surface area contributed by atoms with Crippen LogP contribution in [0.25, 0.3) is 0 Å². The molecule has 0 bridgehead atoms. The quantitative estimate of drug-likeness (QED) is 0.642. The summed E-state index contributed by atoms with van der Waals surface area (Å²) in [5.41, 5.74) is 2.02. The molecule has 148 valence electrons. The molecule has 1 aliphatic heterocycles. The van der Waals surface area contributed by atoms with Crippen LogP contribution in [0.15, 0.2) is 48.5 Å². The molecule has 4 heteroatoms. The van der Waals surface area contributed by atoms with Crippen LogP contribution in [-0.2, 0) is 11.3 Å². The van der Waals surface area contributed by atoms with Gasteiger partial charge in [0.2, 0.25) is 0 Å². The average molecular weight is 380 g/mol. The monoisotopic (exact) mass is 379 g/mol. The molecule has 28 heavy (non-hydrogen) atoms. The highest BCUT2D eigenvalue weighted by molar-refractivity contribution is 5.63. The second-order valence-corrected chi connectivity index (χ2v) is 8.50. The van der Waals surface area contributed by atoms with Crippen molar-refractivity contribution >= 4 is 6.29 Å². The number of methoxy groups -OCH3 is 1. The highest BCUT2D eigenvalue weighted by Crippen LogP contribution is 2.44. The van der Waals surface area contributed by atoms with Crippen LogP contribution in [0.4, 0.5) is 0 Å². The maximum atomic E-state index is 12.1. The van der Waals surface area contributed by atoms with Crippen molar-refractivity contribution in [1.29, 1.82) is 0 Å². The van der Waals surface area contributed by atoms with Crippen LogP contribution in [-0.4, -0.2) is 38.0 Å². The Balaban J connectivity index is 1.55. The highest BCUT2D eigenvalue weighted by atomic mass is 16.5. The lowest BCUT2D eigenvalue weighted by Gasteiger charge is -2.25. The lowest BCUT2D eigenvalue weighted by atomic mass is 9.77. The standard InChI is InChI=1S/C24H29NO3/c1-24(17-26)16-25(13-18-6-4-3-5-7-18)14-21(24)20-10-11-22(27-2)23(12-20)28-15-19-8-9-19/h3-7,10-12,17,19,21H,8-9,13-16H2,1-2H3. The summed E-state index contributed by atoms with van der Waals surface area (Å²) < 4.78 is 11.5. The summed E-state index contributed by atoms with van der Waals surface area (Å²) in [6, 6.07) is 16.6. The van der Waals surface area contributed by atoms with Crippen LogP contribution in [0.5, 0.6) is 11.5 Å². The minimum Gasteiger partial charge on any atom is -0.493 e. The summed E-state index contributed by atoms with van der Waals surface area (Å²) in [4.78, 5) is 14.4. The lowest BCUT2D eigenvalue weighted by molar-refractivity contribution is -0.115. The van der Waals surface area contributed by atoms with Gasteiger partial charge in [-0.1, -0.05) is 43.3 Å². The fraction of sp³-hybridized carbons (Fsp3) is 0.458. The van der Waals surface area contributed by atoms with E-state index in [4.69, 9.17) is 9.47 Å². The summed E-state index contributed by atoms with van der Waals surface area (Å²) in [5.74, 6) is 2.38. The first-order chi connectivity index (χ1) is 13.6. The molecule has 1 saturated carbocycles. The van der Waals surface area contributed by atoms with E-state index in [1.54, 1.807) is 7.11 Å². The number of benzene rings is 2. The molecule has 0 aromatic heterocycles. The summed E-state index contributed by atoms with van der Waals surface area (Å²) in [6.07, 6.45) is 3.64. The normalized spacial score (nSPS) is 24.9. The summed E-state index contributed by atoms with van der Waals surface area (Å²) in [6.45, 7) is 5.31. The summed E-state index contributed by atoms with van der Waals surface area (Å²) in [7, 11) is 1.67. The first-order valence-corrected chi connectivity index (χ1v) is 10.1. The van der Waals surface area contributed by atoms with Crippen molar-refractivity contribution in [3.63, 3.8) is 0 Å². The number of likely N-dealkylation sites (tertiary alicyclic amines) is 1. The van der Waals surface area contributed by atoms with Gasteiger partial charge in [0, 0.05) is 31.0 Å². The van der Waals surface area contributed by atoms with Gasteiger partial charge >= 0.3 is 0 Å². The van der Waals surface area contributed by atoms with Gasteiger partial charge < -0.3 is 14.3 Å². The number of aldehydes is 1. The third-order valence-corrected chi connectivity index (χ3v) is 6.08. The Morgan fingerprint density at radius 1 is 1.14 bits per heavy atom. The van der Waals surface area contributed by atoms with E-state index >= 15 is 0 Å². The van der Waals surface area contributed by atoms with E-state index in [1.165, 1.54) is 18.4 Å². The predicted molar refractivity (Wildman–Crippen MR) is 110 cm³/mol. The van der Waals surface area contributed by atoms with E-state index in [-0.39, 0.29) is 5.92 Å². The van der Waals surface area contributed by atoms with Gasteiger partial charge in [0.15, 0.2) is 11.5 Å². The van der Waals surface area contributed by atoms with E-state index < -0.39 is 5.41 Å². The number of ether oxygens (including phenoxy) is 2. The number of hydrogen-bond donors (Lipinski definition) is 0. The highest BCUT2D eigenvalue weighted by Gasteiger charge is 2.43. The molecule has 1 heterocycles. The number of carbonyl (C=O) groups excluding carboxylic acids is 1. The molecule has 2 atom stereocenters. The summed E-state index contributed by atoms with van der Waals surface area (Å²) >= 11 is 0. The number of hydrogen-bond acceptors (Lipinski definition) is 4. The van der Waals surface area contributed by atoms with Crippen LogP contribution in [0.1, 0.15) is 36.8 Å². The van der Waals surface area contributed by atoms with Gasteiger partial charge in [-0.2, -0.15) is 0 Å². The van der Waals surface area contributed by atoms with Gasteiger partial charge in [-0.25, -0.2) is 0 Å². The maximum Gasteiger partial charge on any atom is 0.161 e. The van der Waals surface area contributed by atoms with Gasteiger partial charge in [-0.15, -0.1) is 0 Å². The van der Waals surface area contributed by atoms with Gasteiger partial charge in [-0.3, -0.25) is 4.90 Å². The Hall–Kier alpha value is -2.33. The Labute approximate surface area is 167 Å². The van der Waals surface area contributed by atoms with Crippen molar-refractivity contribution in [2.24, 2.45) is 11.3 Å². The van der Waals surface area contributed by atoms with Crippen LogP contribution in [0, 0.1) is 11.3 Å². The minimum atomic E-state index is -0.406. The maximum absolute atomic E-state index is 12.1. The number of rotatable bonds is 8. The Kier molecular flexibility index (Phi) is 5.40. The van der Waals surface area contributed by atoms with Crippen LogP contribution in [0.2, 0.25) is 0 Å². The zero-order valence-electron chi connectivity index (χ0n) is 16.8. The smallest absolute Gasteiger partial charge is 0.161 e. The first-order valence-electron chi connectivity index (χ1n) is 10.1. The average Bonchev–Trinajstić information content (AvgIpc) is 3.49. The predicted octanol–water partition coefficient (Wildman–Crippen LogP) is 4.29. The third kappa shape index (κ3) is 4.07. The molecule has 2 unspecified atom stereocenters. The van der Waals surface area contributed by atoms with E-state index in [0.29, 0.717) is 5.92 Å². The molecule has 0 N–H and O–H groups in total. The van der Waals surface area contributed by atoms with Crippen molar-refractivity contribution in [1.82, 2.24) is 4.90 Å². The zero-order valence-corrected chi connectivity index (χ0v) is 16.8. The minimum absolute atomic E-state index is 0.142. The SMILES string of the molecule is COc1ccc(C2CN(Cc3ccccc3)CC2(C)C=O)cc1OCC1CC1. The van der Waals surface area contributed by atoms with Crippen LogP contribution in [0.3, 0.4) is 0 Å². The molecule has 0 amide bonds. The van der Waals surface area contributed by atoms with Crippen LogP contribution >= 0.6 is 0 Å². The second-order valence-electron chi connectivity index (χ2n) is 8.50. The fourth-order valence-electron chi connectivity index (χ4n) is 4.21. The second kappa shape index (κ2) is 7.96. The van der Waals surface area contributed by atoms with E-state index in [2.05, 4.69) is 48.2 Å². The Bertz CT molecular complexity index is 818. The topological polar surface area (TPSA) is 38.8 Å². The molecule has 2 aromatic carbocycles. The largest absolute Gasteiger partial charge is 0.493 e. The van der Waals surface area contributed by atoms with Gasteiger partial charge in [0.1, 0.15) is 6.29 Å². The lowest BCUT2D eigenvalue weighted by Crippen LogP contribution is -2.28. The molecule has 2 fully saturated rings. The van der Waals surface area contributed by atoms with Gasteiger partial charge in [0.25, 0.3) is 0 Å². The molecule has 2 aromatic rings. The van der Waals surface area contributed by atoms with Gasteiger partial charge in [-0.05, 0) is 42.0 Å². The van der Waals surface area contributed by atoms with E-state index in [1.807, 2.05) is 12.1 Å². The van der Waals surface area contributed by atoms with E-state index in [9.17, 15) is 4.79 Å². The molecule has 1 aliphatic carbocycles. The van der Waals surface area contributed by atoms with Crippen molar-refractivity contribution in [2.75, 3.05) is 26.8 Å². The summed E-state index contributed by atoms with van der Waals surface area (Å²) in [5, 5.41) is 0. The molecule has 2 aliphatic rings.